The number of aryl methyl sites for hydroxylation is 1. The van der Waals surface area contributed by atoms with Gasteiger partial charge < -0.3 is 9.30 Å². The van der Waals surface area contributed by atoms with E-state index in [0.717, 1.165) is 5.82 Å². The van der Waals surface area contributed by atoms with Crippen LogP contribution in [0.25, 0.3) is 0 Å². The fourth-order valence-electron chi connectivity index (χ4n) is 1.70. The van der Waals surface area contributed by atoms with Crippen molar-refractivity contribution in [2.45, 2.75) is 32.4 Å². The molecular weight excluding hydrogens is 192 g/mol. The molecule has 0 aromatic carbocycles. The number of hydrogen-bond donors (Lipinski definition) is 2. The second kappa shape index (κ2) is 4.74. The molecule has 1 unspecified atom stereocenters. The lowest BCUT2D eigenvalue weighted by atomic mass is 9.98. The van der Waals surface area contributed by atoms with Crippen molar-refractivity contribution in [2.24, 2.45) is 12.9 Å². The van der Waals surface area contributed by atoms with Crippen molar-refractivity contribution in [1.29, 1.82) is 0 Å². The molecule has 5 nitrogen and oxygen atoms in total. The molecule has 0 bridgehead atoms. The number of aromatic nitrogens is 2. The molecule has 0 radical (unpaired) electrons. The summed E-state index contributed by atoms with van der Waals surface area (Å²) in [5.41, 5.74) is 2.38. The van der Waals surface area contributed by atoms with Gasteiger partial charge in [0.25, 0.3) is 0 Å². The highest BCUT2D eigenvalue weighted by molar-refractivity contribution is 5.04. The molecule has 1 aromatic rings. The van der Waals surface area contributed by atoms with Crippen LogP contribution < -0.4 is 11.3 Å². The Morgan fingerprint density at radius 2 is 2.33 bits per heavy atom. The standard InChI is InChI=1S/C10H20N4O/c1-5-15-10(2,3)8(13-11)9-12-6-7-14(9)4/h6-8,13H,5,11H2,1-4H3. The van der Waals surface area contributed by atoms with E-state index >= 15 is 0 Å². The van der Waals surface area contributed by atoms with Gasteiger partial charge in [0.2, 0.25) is 0 Å². The van der Waals surface area contributed by atoms with E-state index in [2.05, 4.69) is 10.4 Å². The Morgan fingerprint density at radius 3 is 2.73 bits per heavy atom. The summed E-state index contributed by atoms with van der Waals surface area (Å²) in [4.78, 5) is 4.28. The number of nitrogens with one attached hydrogen (secondary N) is 1. The normalized spacial score (nSPS) is 14.2. The van der Waals surface area contributed by atoms with Crippen LogP contribution in [0.4, 0.5) is 0 Å². The van der Waals surface area contributed by atoms with Gasteiger partial charge in [-0.2, -0.15) is 0 Å². The van der Waals surface area contributed by atoms with Gasteiger partial charge in [-0.15, -0.1) is 0 Å². The molecule has 0 aliphatic carbocycles. The molecule has 1 heterocycles. The summed E-state index contributed by atoms with van der Waals surface area (Å²) >= 11 is 0. The van der Waals surface area contributed by atoms with Crippen LogP contribution in [0.3, 0.4) is 0 Å². The first-order valence-corrected chi connectivity index (χ1v) is 5.10. The minimum Gasteiger partial charge on any atom is -0.374 e. The van der Waals surface area contributed by atoms with Gasteiger partial charge in [-0.25, -0.2) is 10.4 Å². The molecule has 15 heavy (non-hydrogen) atoms. The summed E-state index contributed by atoms with van der Waals surface area (Å²) in [6, 6.07) is -0.127. The molecule has 5 heteroatoms. The number of hydrazine groups is 1. The van der Waals surface area contributed by atoms with Crippen LogP contribution in [0.15, 0.2) is 12.4 Å². The predicted octanol–water partition coefficient (Wildman–Crippen LogP) is 0.740. The Labute approximate surface area is 90.6 Å². The van der Waals surface area contributed by atoms with E-state index < -0.39 is 0 Å². The number of rotatable bonds is 5. The first-order valence-electron chi connectivity index (χ1n) is 5.10. The van der Waals surface area contributed by atoms with Gasteiger partial charge in [-0.1, -0.05) is 0 Å². The average Bonchev–Trinajstić information content (AvgIpc) is 2.53. The Kier molecular flexibility index (Phi) is 3.84. The van der Waals surface area contributed by atoms with Crippen LogP contribution in [-0.2, 0) is 11.8 Å². The molecule has 1 rings (SSSR count). The smallest absolute Gasteiger partial charge is 0.129 e. The molecular formula is C10H20N4O. The molecule has 0 saturated carbocycles. The van der Waals surface area contributed by atoms with Crippen molar-refractivity contribution in [3.8, 4) is 0 Å². The SMILES string of the molecule is CCOC(C)(C)C(NN)c1nccn1C. The highest BCUT2D eigenvalue weighted by Gasteiger charge is 2.33. The number of hydrogen-bond acceptors (Lipinski definition) is 4. The summed E-state index contributed by atoms with van der Waals surface area (Å²) in [6.45, 7) is 6.61. The van der Waals surface area contributed by atoms with E-state index in [4.69, 9.17) is 10.6 Å². The average molecular weight is 212 g/mol. The fourth-order valence-corrected chi connectivity index (χ4v) is 1.70. The number of ether oxygens (including phenoxy) is 1. The van der Waals surface area contributed by atoms with Crippen molar-refractivity contribution in [2.75, 3.05) is 6.61 Å². The zero-order valence-electron chi connectivity index (χ0n) is 9.82. The third kappa shape index (κ3) is 2.56. The summed E-state index contributed by atoms with van der Waals surface area (Å²) < 4.78 is 7.60. The van der Waals surface area contributed by atoms with Gasteiger partial charge in [0, 0.05) is 26.0 Å². The highest BCUT2D eigenvalue weighted by Crippen LogP contribution is 2.26. The third-order valence-corrected chi connectivity index (χ3v) is 2.49. The number of nitrogens with zero attached hydrogens (tertiary/aromatic N) is 2. The van der Waals surface area contributed by atoms with Crippen LogP contribution in [0.1, 0.15) is 32.6 Å². The maximum Gasteiger partial charge on any atom is 0.129 e. The molecule has 0 spiro atoms. The Balaban J connectivity index is 2.93. The quantitative estimate of drug-likeness (QED) is 0.558. The Hall–Kier alpha value is -0.910. The zero-order valence-corrected chi connectivity index (χ0v) is 9.82. The van der Waals surface area contributed by atoms with Crippen LogP contribution in [0, 0.1) is 0 Å². The maximum absolute atomic E-state index is 5.67. The summed E-state index contributed by atoms with van der Waals surface area (Å²) in [7, 11) is 1.94. The maximum atomic E-state index is 5.67. The van der Waals surface area contributed by atoms with E-state index in [0.29, 0.717) is 6.61 Å². The second-order valence-electron chi connectivity index (χ2n) is 4.03. The molecule has 1 aromatic heterocycles. The van der Waals surface area contributed by atoms with Crippen molar-refractivity contribution in [3.05, 3.63) is 18.2 Å². The number of imidazole rings is 1. The van der Waals surface area contributed by atoms with Crippen LogP contribution in [0.5, 0.6) is 0 Å². The number of nitrogens with two attached hydrogens (primary N) is 1. The lowest BCUT2D eigenvalue weighted by molar-refractivity contribution is -0.0419. The first kappa shape index (κ1) is 12.2. The largest absolute Gasteiger partial charge is 0.374 e. The predicted molar refractivity (Wildman–Crippen MR) is 59.0 cm³/mol. The zero-order chi connectivity index (χ0) is 11.5. The Morgan fingerprint density at radius 1 is 1.67 bits per heavy atom. The lowest BCUT2D eigenvalue weighted by Gasteiger charge is -2.33. The first-order chi connectivity index (χ1) is 7.03. The van der Waals surface area contributed by atoms with Crippen LogP contribution in [-0.4, -0.2) is 21.8 Å². The highest BCUT2D eigenvalue weighted by atomic mass is 16.5. The Bertz CT molecular complexity index is 308. The van der Waals surface area contributed by atoms with Crippen LogP contribution in [0.2, 0.25) is 0 Å². The van der Waals surface area contributed by atoms with Crippen LogP contribution >= 0.6 is 0 Å². The summed E-state index contributed by atoms with van der Waals surface area (Å²) in [5, 5.41) is 0. The lowest BCUT2D eigenvalue weighted by Crippen LogP contribution is -2.45. The molecule has 0 saturated heterocycles. The molecule has 0 aliphatic heterocycles. The summed E-state index contributed by atoms with van der Waals surface area (Å²) in [5.74, 6) is 6.44. The minimum absolute atomic E-state index is 0.127. The van der Waals surface area contributed by atoms with E-state index in [1.165, 1.54) is 0 Å². The molecule has 0 aliphatic rings. The second-order valence-corrected chi connectivity index (χ2v) is 4.03. The van der Waals surface area contributed by atoms with Crippen molar-refractivity contribution in [1.82, 2.24) is 15.0 Å². The van der Waals surface area contributed by atoms with Gasteiger partial charge in [0.05, 0.1) is 5.60 Å². The van der Waals surface area contributed by atoms with E-state index in [9.17, 15) is 0 Å². The van der Waals surface area contributed by atoms with Gasteiger partial charge in [-0.3, -0.25) is 5.84 Å². The topological polar surface area (TPSA) is 65.1 Å². The van der Waals surface area contributed by atoms with Gasteiger partial charge in [-0.05, 0) is 20.8 Å². The van der Waals surface area contributed by atoms with Crippen molar-refractivity contribution in [3.63, 3.8) is 0 Å². The molecule has 86 valence electrons. The molecule has 0 amide bonds. The fraction of sp³-hybridized carbons (Fsp3) is 0.700. The third-order valence-electron chi connectivity index (χ3n) is 2.49. The van der Waals surface area contributed by atoms with Gasteiger partial charge >= 0.3 is 0 Å². The van der Waals surface area contributed by atoms with Gasteiger partial charge in [0.15, 0.2) is 0 Å². The van der Waals surface area contributed by atoms with E-state index in [-0.39, 0.29) is 11.6 Å². The minimum atomic E-state index is -0.386. The van der Waals surface area contributed by atoms with Gasteiger partial charge in [0.1, 0.15) is 11.9 Å². The van der Waals surface area contributed by atoms with E-state index in [1.807, 2.05) is 38.6 Å². The summed E-state index contributed by atoms with van der Waals surface area (Å²) in [6.07, 6.45) is 3.64. The molecule has 0 fully saturated rings. The van der Waals surface area contributed by atoms with E-state index in [1.54, 1.807) is 6.20 Å². The molecule has 3 N–H and O–H groups in total. The van der Waals surface area contributed by atoms with Crippen molar-refractivity contribution < 1.29 is 4.74 Å². The molecule has 1 atom stereocenters. The monoisotopic (exact) mass is 212 g/mol. The van der Waals surface area contributed by atoms with Crippen molar-refractivity contribution >= 4 is 0 Å².